The second kappa shape index (κ2) is 8.25. The minimum Gasteiger partial charge on any atom is -0.365 e. The molecule has 0 aliphatic rings. The van der Waals surface area contributed by atoms with Crippen LogP contribution in [0.2, 0.25) is 0 Å². The van der Waals surface area contributed by atoms with E-state index in [2.05, 4.69) is 5.10 Å². The molecule has 132 valence electrons. The van der Waals surface area contributed by atoms with Gasteiger partial charge in [-0.2, -0.15) is 5.10 Å². The molecule has 0 radical (unpaired) electrons. The van der Waals surface area contributed by atoms with E-state index in [0.717, 1.165) is 11.1 Å². The van der Waals surface area contributed by atoms with Gasteiger partial charge >= 0.3 is 0 Å². The first kappa shape index (κ1) is 17.6. The van der Waals surface area contributed by atoms with E-state index >= 15 is 0 Å². The number of hydrogen-bond donors (Lipinski definition) is 0. The first-order valence-corrected chi connectivity index (χ1v) is 8.61. The first-order chi connectivity index (χ1) is 12.7. The molecule has 0 spiro atoms. The zero-order chi connectivity index (χ0) is 18.4. The molecule has 3 aromatic rings. The quantitative estimate of drug-likeness (QED) is 0.616. The molecule has 0 amide bonds. The molecule has 5 nitrogen and oxygen atoms in total. The van der Waals surface area contributed by atoms with Crippen molar-refractivity contribution in [2.24, 2.45) is 0 Å². The molecule has 0 unspecified atom stereocenters. The van der Waals surface area contributed by atoms with Gasteiger partial charge in [0.25, 0.3) is 5.56 Å². The standard InChI is InChI=1S/C21H21N3O2/c1-2-23(14-17-9-5-3-6-10-17)20-13-22-24(21(26)19(20)16-25)15-18-11-7-4-8-12-18/h3-13,16H,2,14-15H2,1H3. The fraction of sp³-hybridized carbons (Fsp3) is 0.190. The number of nitrogens with zero attached hydrogens (tertiary/aromatic N) is 3. The Kier molecular flexibility index (Phi) is 5.59. The summed E-state index contributed by atoms with van der Waals surface area (Å²) >= 11 is 0. The Morgan fingerprint density at radius 2 is 1.62 bits per heavy atom. The van der Waals surface area contributed by atoms with Crippen molar-refractivity contribution in [3.63, 3.8) is 0 Å². The fourth-order valence-corrected chi connectivity index (χ4v) is 2.90. The molecule has 0 saturated carbocycles. The average Bonchev–Trinajstić information content (AvgIpc) is 2.69. The molecule has 1 heterocycles. The fourth-order valence-electron chi connectivity index (χ4n) is 2.90. The molecule has 0 aliphatic carbocycles. The minimum atomic E-state index is -0.368. The Labute approximate surface area is 152 Å². The Bertz CT molecular complexity index is 921. The summed E-state index contributed by atoms with van der Waals surface area (Å²) in [6.07, 6.45) is 2.25. The van der Waals surface area contributed by atoms with Gasteiger partial charge in [-0.15, -0.1) is 0 Å². The monoisotopic (exact) mass is 347 g/mol. The Balaban J connectivity index is 1.93. The van der Waals surface area contributed by atoms with Crippen molar-refractivity contribution in [1.82, 2.24) is 9.78 Å². The third-order valence-corrected chi connectivity index (χ3v) is 4.29. The van der Waals surface area contributed by atoms with Gasteiger partial charge in [0.1, 0.15) is 5.56 Å². The second-order valence-corrected chi connectivity index (χ2v) is 6.01. The summed E-state index contributed by atoms with van der Waals surface area (Å²) in [6, 6.07) is 19.5. The molecule has 0 fully saturated rings. The van der Waals surface area contributed by atoms with Crippen molar-refractivity contribution in [2.75, 3.05) is 11.4 Å². The molecule has 1 aromatic heterocycles. The molecule has 5 heteroatoms. The molecular formula is C21H21N3O2. The zero-order valence-corrected chi connectivity index (χ0v) is 14.7. The summed E-state index contributed by atoms with van der Waals surface area (Å²) in [6.45, 7) is 3.61. The van der Waals surface area contributed by atoms with Gasteiger partial charge in [0.05, 0.1) is 18.4 Å². The van der Waals surface area contributed by atoms with E-state index in [1.165, 1.54) is 4.68 Å². The lowest BCUT2D eigenvalue weighted by Crippen LogP contribution is -2.32. The molecule has 26 heavy (non-hydrogen) atoms. The largest absolute Gasteiger partial charge is 0.365 e. The van der Waals surface area contributed by atoms with Gasteiger partial charge in [0.2, 0.25) is 0 Å². The minimum absolute atomic E-state index is 0.147. The number of aldehydes is 1. The Hall–Kier alpha value is -3.21. The van der Waals surface area contributed by atoms with Crippen LogP contribution in [-0.4, -0.2) is 22.6 Å². The van der Waals surface area contributed by atoms with E-state index in [-0.39, 0.29) is 11.1 Å². The number of carbonyl (C=O) groups excluding carboxylic acids is 1. The lowest BCUT2D eigenvalue weighted by atomic mass is 10.1. The van der Waals surface area contributed by atoms with Crippen molar-refractivity contribution in [2.45, 2.75) is 20.0 Å². The molecule has 0 bridgehead atoms. The van der Waals surface area contributed by atoms with Crippen LogP contribution in [0.3, 0.4) is 0 Å². The first-order valence-electron chi connectivity index (χ1n) is 8.61. The highest BCUT2D eigenvalue weighted by Gasteiger charge is 2.16. The van der Waals surface area contributed by atoms with Gasteiger partial charge in [-0.05, 0) is 18.1 Å². The number of benzene rings is 2. The highest BCUT2D eigenvalue weighted by molar-refractivity contribution is 5.83. The molecule has 0 atom stereocenters. The van der Waals surface area contributed by atoms with Crippen LogP contribution in [0.4, 0.5) is 5.69 Å². The van der Waals surface area contributed by atoms with Crippen LogP contribution in [0.25, 0.3) is 0 Å². The van der Waals surface area contributed by atoms with E-state index in [1.54, 1.807) is 6.20 Å². The van der Waals surface area contributed by atoms with Crippen LogP contribution in [0.1, 0.15) is 28.4 Å². The van der Waals surface area contributed by atoms with Crippen LogP contribution in [0.5, 0.6) is 0 Å². The predicted octanol–water partition coefficient (Wildman–Crippen LogP) is 3.13. The SMILES string of the molecule is CCN(Cc1ccccc1)c1cnn(Cc2ccccc2)c(=O)c1C=O. The Morgan fingerprint density at radius 3 is 2.19 bits per heavy atom. The van der Waals surface area contributed by atoms with Gasteiger partial charge < -0.3 is 4.90 Å². The highest BCUT2D eigenvalue weighted by Crippen LogP contribution is 2.18. The van der Waals surface area contributed by atoms with Crippen LogP contribution in [-0.2, 0) is 13.1 Å². The van der Waals surface area contributed by atoms with Gasteiger partial charge in [-0.1, -0.05) is 60.7 Å². The number of aromatic nitrogens is 2. The molecule has 0 saturated heterocycles. The van der Waals surface area contributed by atoms with Gasteiger partial charge in [0, 0.05) is 13.1 Å². The maximum atomic E-state index is 12.7. The van der Waals surface area contributed by atoms with Crippen molar-refractivity contribution in [3.8, 4) is 0 Å². The van der Waals surface area contributed by atoms with Gasteiger partial charge in [-0.3, -0.25) is 9.59 Å². The van der Waals surface area contributed by atoms with E-state index in [4.69, 9.17) is 0 Å². The summed E-state index contributed by atoms with van der Waals surface area (Å²) in [5.74, 6) is 0. The topological polar surface area (TPSA) is 55.2 Å². The lowest BCUT2D eigenvalue weighted by molar-refractivity contribution is 0.112. The predicted molar refractivity (Wildman–Crippen MR) is 103 cm³/mol. The summed E-state index contributed by atoms with van der Waals surface area (Å²) in [5, 5.41) is 4.30. The van der Waals surface area contributed by atoms with E-state index in [9.17, 15) is 9.59 Å². The van der Waals surface area contributed by atoms with Gasteiger partial charge in [-0.25, -0.2) is 4.68 Å². The molecular weight excluding hydrogens is 326 g/mol. The third kappa shape index (κ3) is 3.88. The van der Waals surface area contributed by atoms with E-state index in [0.29, 0.717) is 31.6 Å². The molecule has 3 rings (SSSR count). The summed E-state index contributed by atoms with van der Waals surface area (Å²) < 4.78 is 1.33. The molecule has 0 N–H and O–H groups in total. The number of carbonyl (C=O) groups is 1. The lowest BCUT2D eigenvalue weighted by Gasteiger charge is -2.24. The van der Waals surface area contributed by atoms with Crippen molar-refractivity contribution in [1.29, 1.82) is 0 Å². The molecule has 0 aliphatic heterocycles. The number of hydrogen-bond acceptors (Lipinski definition) is 4. The van der Waals surface area contributed by atoms with E-state index < -0.39 is 0 Å². The second-order valence-electron chi connectivity index (χ2n) is 6.01. The van der Waals surface area contributed by atoms with Crippen molar-refractivity contribution >= 4 is 12.0 Å². The van der Waals surface area contributed by atoms with Crippen LogP contribution in [0, 0.1) is 0 Å². The van der Waals surface area contributed by atoms with Crippen LogP contribution >= 0.6 is 0 Å². The summed E-state index contributed by atoms with van der Waals surface area (Å²) in [7, 11) is 0. The number of anilines is 1. The van der Waals surface area contributed by atoms with Crippen molar-refractivity contribution < 1.29 is 4.79 Å². The van der Waals surface area contributed by atoms with Crippen molar-refractivity contribution in [3.05, 3.63) is 93.9 Å². The maximum Gasteiger partial charge on any atom is 0.279 e. The number of rotatable bonds is 7. The molecule has 2 aromatic carbocycles. The summed E-state index contributed by atoms with van der Waals surface area (Å²) in [5.41, 5.74) is 2.42. The highest BCUT2D eigenvalue weighted by atomic mass is 16.1. The van der Waals surface area contributed by atoms with Gasteiger partial charge in [0.15, 0.2) is 6.29 Å². The summed E-state index contributed by atoms with van der Waals surface area (Å²) in [4.78, 5) is 26.4. The maximum absolute atomic E-state index is 12.7. The third-order valence-electron chi connectivity index (χ3n) is 4.29. The van der Waals surface area contributed by atoms with Crippen LogP contribution in [0.15, 0.2) is 71.7 Å². The van der Waals surface area contributed by atoms with Crippen LogP contribution < -0.4 is 10.5 Å². The smallest absolute Gasteiger partial charge is 0.279 e. The average molecular weight is 347 g/mol. The zero-order valence-electron chi connectivity index (χ0n) is 14.7. The Morgan fingerprint density at radius 1 is 1.00 bits per heavy atom. The normalized spacial score (nSPS) is 10.5. The van der Waals surface area contributed by atoms with E-state index in [1.807, 2.05) is 72.5 Å².